The van der Waals surface area contributed by atoms with Gasteiger partial charge in [-0.25, -0.2) is 0 Å². The van der Waals surface area contributed by atoms with Crippen LogP contribution < -0.4 is 5.32 Å². The maximum absolute atomic E-state index is 12.3. The van der Waals surface area contributed by atoms with E-state index in [0.29, 0.717) is 24.3 Å². The Morgan fingerprint density at radius 3 is 2.57 bits per heavy atom. The van der Waals surface area contributed by atoms with Crippen LogP contribution in [0.15, 0.2) is 30.3 Å². The maximum Gasteiger partial charge on any atom is 0.316 e. The zero-order chi connectivity index (χ0) is 14.4. The fourth-order valence-electron chi connectivity index (χ4n) is 3.66. The molecule has 0 aromatic heterocycles. The molecule has 0 radical (unpaired) electrons. The van der Waals surface area contributed by atoms with E-state index in [1.54, 1.807) is 0 Å². The van der Waals surface area contributed by atoms with Crippen molar-refractivity contribution in [2.24, 2.45) is 0 Å². The Morgan fingerprint density at radius 1 is 1.29 bits per heavy atom. The molecule has 2 bridgehead atoms. The van der Waals surface area contributed by atoms with Gasteiger partial charge in [0.25, 0.3) is 0 Å². The van der Waals surface area contributed by atoms with Crippen molar-refractivity contribution in [3.05, 3.63) is 35.9 Å². The summed E-state index contributed by atoms with van der Waals surface area (Å²) in [7, 11) is 0. The highest BCUT2D eigenvalue weighted by atomic mass is 16.6. The molecule has 4 rings (SSSR count). The van der Waals surface area contributed by atoms with Gasteiger partial charge in [0.1, 0.15) is 24.2 Å². The van der Waals surface area contributed by atoms with Crippen molar-refractivity contribution >= 4 is 5.97 Å². The van der Waals surface area contributed by atoms with E-state index in [2.05, 4.69) is 5.32 Å². The third kappa shape index (κ3) is 2.35. The molecule has 3 heterocycles. The van der Waals surface area contributed by atoms with Crippen LogP contribution in [0.3, 0.4) is 0 Å². The monoisotopic (exact) mass is 289 g/mol. The quantitative estimate of drug-likeness (QED) is 0.626. The molecule has 21 heavy (non-hydrogen) atoms. The molecule has 3 fully saturated rings. The number of esters is 1. The zero-order valence-electron chi connectivity index (χ0n) is 11.6. The Balaban J connectivity index is 1.41. The van der Waals surface area contributed by atoms with E-state index in [4.69, 9.17) is 9.47 Å². The Bertz CT molecular complexity index is 518. The molecule has 5 nitrogen and oxygen atoms in total. The highest BCUT2D eigenvalue weighted by Crippen LogP contribution is 2.42. The minimum absolute atomic E-state index is 0.0667. The van der Waals surface area contributed by atoms with Gasteiger partial charge in [0.15, 0.2) is 0 Å². The lowest BCUT2D eigenvalue weighted by atomic mass is 9.98. The van der Waals surface area contributed by atoms with Crippen LogP contribution in [0.2, 0.25) is 0 Å². The molecule has 2 N–H and O–H groups in total. The van der Waals surface area contributed by atoms with Gasteiger partial charge in [-0.2, -0.15) is 0 Å². The van der Waals surface area contributed by atoms with E-state index in [-0.39, 0.29) is 18.7 Å². The molecule has 3 aliphatic rings. The molecule has 0 saturated carbocycles. The lowest BCUT2D eigenvalue weighted by Crippen LogP contribution is -2.47. The van der Waals surface area contributed by atoms with Crippen molar-refractivity contribution in [3.63, 3.8) is 0 Å². The summed E-state index contributed by atoms with van der Waals surface area (Å²) in [5.74, 6) is -0.922. The van der Waals surface area contributed by atoms with Crippen LogP contribution in [-0.2, 0) is 14.3 Å². The molecule has 1 unspecified atom stereocenters. The number of fused-ring (bicyclic) bond motifs is 5. The van der Waals surface area contributed by atoms with Gasteiger partial charge < -0.3 is 19.9 Å². The van der Waals surface area contributed by atoms with Crippen molar-refractivity contribution < 1.29 is 19.4 Å². The van der Waals surface area contributed by atoms with Crippen molar-refractivity contribution in [1.29, 1.82) is 0 Å². The summed E-state index contributed by atoms with van der Waals surface area (Å²) in [6.45, 7) is -0.227. The summed E-state index contributed by atoms with van der Waals surface area (Å²) in [5.41, 5.74) is 0.799. The summed E-state index contributed by atoms with van der Waals surface area (Å²) in [6.07, 6.45) is 2.18. The number of hydrogen-bond donors (Lipinski definition) is 2. The molecule has 1 aromatic rings. The van der Waals surface area contributed by atoms with Gasteiger partial charge in [-0.15, -0.1) is 0 Å². The molecule has 0 spiro atoms. The van der Waals surface area contributed by atoms with Crippen LogP contribution in [0.1, 0.15) is 24.3 Å². The van der Waals surface area contributed by atoms with Crippen LogP contribution in [0.25, 0.3) is 0 Å². The summed E-state index contributed by atoms with van der Waals surface area (Å²) < 4.78 is 11.2. The van der Waals surface area contributed by atoms with Crippen molar-refractivity contribution in [2.75, 3.05) is 6.61 Å². The predicted octanol–water partition coefficient (Wildman–Crippen LogP) is 0.576. The highest BCUT2D eigenvalue weighted by Gasteiger charge is 2.59. The number of aliphatic hydroxyl groups excluding tert-OH is 1. The Kier molecular flexibility index (Phi) is 3.21. The van der Waals surface area contributed by atoms with Gasteiger partial charge in [-0.1, -0.05) is 30.3 Å². The first-order valence-electron chi connectivity index (χ1n) is 7.54. The number of epoxide rings is 1. The Morgan fingerprint density at radius 2 is 1.95 bits per heavy atom. The van der Waals surface area contributed by atoms with Gasteiger partial charge >= 0.3 is 5.97 Å². The number of rotatable bonds is 4. The topological polar surface area (TPSA) is 71.1 Å². The van der Waals surface area contributed by atoms with Gasteiger partial charge in [0.05, 0.1) is 6.61 Å². The van der Waals surface area contributed by atoms with E-state index in [9.17, 15) is 9.90 Å². The molecular weight excluding hydrogens is 270 g/mol. The van der Waals surface area contributed by atoms with Crippen LogP contribution in [0, 0.1) is 0 Å². The average Bonchev–Trinajstić information content (AvgIpc) is 3.25. The average molecular weight is 289 g/mol. The fourth-order valence-corrected chi connectivity index (χ4v) is 3.66. The number of aliphatic hydroxyl groups is 1. The fraction of sp³-hybridized carbons (Fsp3) is 0.562. The molecular formula is C16H19NO4. The third-order valence-electron chi connectivity index (χ3n) is 4.77. The summed E-state index contributed by atoms with van der Waals surface area (Å²) >= 11 is 0. The minimum Gasteiger partial charge on any atom is -0.462 e. The Labute approximate surface area is 123 Å². The van der Waals surface area contributed by atoms with Crippen molar-refractivity contribution in [3.8, 4) is 0 Å². The summed E-state index contributed by atoms with van der Waals surface area (Å²) in [4.78, 5) is 12.3. The molecule has 1 aromatic carbocycles. The van der Waals surface area contributed by atoms with Crippen LogP contribution >= 0.6 is 0 Å². The lowest BCUT2D eigenvalue weighted by molar-refractivity contribution is -0.154. The molecule has 0 aliphatic carbocycles. The first kappa shape index (κ1) is 13.2. The van der Waals surface area contributed by atoms with E-state index in [0.717, 1.165) is 18.4 Å². The molecule has 3 saturated heterocycles. The summed E-state index contributed by atoms with van der Waals surface area (Å²) in [5, 5.41) is 13.0. The predicted molar refractivity (Wildman–Crippen MR) is 74.8 cm³/mol. The highest BCUT2D eigenvalue weighted by molar-refractivity contribution is 5.78. The lowest BCUT2D eigenvalue weighted by Gasteiger charge is -2.31. The van der Waals surface area contributed by atoms with Gasteiger partial charge in [-0.3, -0.25) is 4.79 Å². The molecule has 112 valence electrons. The second kappa shape index (κ2) is 5.09. The van der Waals surface area contributed by atoms with Crippen molar-refractivity contribution in [1.82, 2.24) is 5.32 Å². The number of ether oxygens (including phenoxy) is 2. The first-order chi connectivity index (χ1) is 10.3. The zero-order valence-corrected chi connectivity index (χ0v) is 11.6. The van der Waals surface area contributed by atoms with E-state index >= 15 is 0 Å². The molecule has 0 amide bonds. The Hall–Kier alpha value is -1.43. The van der Waals surface area contributed by atoms with Crippen LogP contribution in [0.4, 0.5) is 0 Å². The van der Waals surface area contributed by atoms with Crippen LogP contribution in [-0.4, -0.2) is 48.1 Å². The number of carbonyl (C=O) groups is 1. The molecule has 5 heteroatoms. The normalized spacial score (nSPS) is 37.7. The van der Waals surface area contributed by atoms with Gasteiger partial charge in [0, 0.05) is 24.9 Å². The second-order valence-electron chi connectivity index (χ2n) is 6.12. The number of morpholine rings is 1. The smallest absolute Gasteiger partial charge is 0.316 e. The number of benzene rings is 1. The summed E-state index contributed by atoms with van der Waals surface area (Å²) in [6, 6.07) is 9.93. The minimum atomic E-state index is -0.593. The number of nitrogens with one attached hydrogen (secondary N) is 1. The number of hydrogen-bond acceptors (Lipinski definition) is 5. The standard InChI is InChI=1S/C16H19NO4/c18-8-11(9-4-2-1-3-5-9)16(19)20-10-6-12-14-15(21-14)13(7-10)17-12/h1-5,10-15,17-18H,6-8H2/t10?,11-,12-,13+,14+,15-/m1/s1. The van der Waals surface area contributed by atoms with Crippen LogP contribution in [0.5, 0.6) is 0 Å². The van der Waals surface area contributed by atoms with Gasteiger partial charge in [-0.05, 0) is 5.56 Å². The first-order valence-corrected chi connectivity index (χ1v) is 7.54. The van der Waals surface area contributed by atoms with E-state index < -0.39 is 5.92 Å². The third-order valence-corrected chi connectivity index (χ3v) is 4.77. The molecule has 6 atom stereocenters. The van der Waals surface area contributed by atoms with Gasteiger partial charge in [0.2, 0.25) is 0 Å². The maximum atomic E-state index is 12.3. The van der Waals surface area contributed by atoms with E-state index in [1.165, 1.54) is 0 Å². The second-order valence-corrected chi connectivity index (χ2v) is 6.12. The van der Waals surface area contributed by atoms with Crippen molar-refractivity contribution in [2.45, 2.75) is 49.2 Å². The molecule has 3 aliphatic heterocycles. The SMILES string of the molecule is O=C(OC1C[C@@H]2N[C@H](C1)[C@@H]1O[C@@H]12)[C@H](CO)c1ccccc1. The number of carbonyl (C=O) groups excluding carboxylic acids is 1. The largest absolute Gasteiger partial charge is 0.462 e. The van der Waals surface area contributed by atoms with E-state index in [1.807, 2.05) is 30.3 Å². The number of piperidine rings is 1.